The van der Waals surface area contributed by atoms with Gasteiger partial charge in [0, 0.05) is 27.2 Å². The molecule has 0 bridgehead atoms. The van der Waals surface area contributed by atoms with Crippen LogP contribution in [0.15, 0.2) is 0 Å². The van der Waals surface area contributed by atoms with Gasteiger partial charge in [0.05, 0.1) is 12.2 Å². The van der Waals surface area contributed by atoms with Crippen LogP contribution in [0.5, 0.6) is 6.01 Å². The fraction of sp³-hybridized carbons (Fsp3) is 0.786. The minimum Gasteiger partial charge on any atom is -0.461 e. The van der Waals surface area contributed by atoms with E-state index in [2.05, 4.69) is 20.3 Å². The van der Waals surface area contributed by atoms with Crippen LogP contribution in [-0.2, 0) is 4.74 Å². The molecule has 1 aromatic heterocycles. The first-order valence-corrected chi connectivity index (χ1v) is 7.51. The van der Waals surface area contributed by atoms with Gasteiger partial charge in [-0.1, -0.05) is 0 Å². The highest BCUT2D eigenvalue weighted by Crippen LogP contribution is 2.18. The summed E-state index contributed by atoms with van der Waals surface area (Å²) >= 11 is 0. The lowest BCUT2D eigenvalue weighted by Crippen LogP contribution is -2.34. The normalized spacial score (nSPS) is 18.6. The smallest absolute Gasteiger partial charge is 0.323 e. The Bertz CT molecular complexity index is 449. The number of nitrogens with zero attached hydrogens (tertiary/aromatic N) is 4. The SMILES string of the molecule is CNc1nc(OC(C)C)nc(N(C)CC2CCCCO2)n1. The number of hydrogen-bond donors (Lipinski definition) is 1. The molecule has 1 saturated heterocycles. The minimum absolute atomic E-state index is 0.0249. The summed E-state index contributed by atoms with van der Waals surface area (Å²) in [4.78, 5) is 15.0. The zero-order valence-electron chi connectivity index (χ0n) is 13.3. The van der Waals surface area contributed by atoms with E-state index < -0.39 is 0 Å². The maximum Gasteiger partial charge on any atom is 0.323 e. The van der Waals surface area contributed by atoms with Crippen LogP contribution in [0.2, 0.25) is 0 Å². The van der Waals surface area contributed by atoms with E-state index in [0.717, 1.165) is 26.0 Å². The predicted octanol–water partition coefficient (Wildman–Crippen LogP) is 1.71. The summed E-state index contributed by atoms with van der Waals surface area (Å²) in [6.07, 6.45) is 3.73. The molecular formula is C14H25N5O2. The van der Waals surface area contributed by atoms with Gasteiger partial charge in [-0.2, -0.15) is 15.0 Å². The van der Waals surface area contributed by atoms with Gasteiger partial charge in [0.25, 0.3) is 0 Å². The van der Waals surface area contributed by atoms with Gasteiger partial charge < -0.3 is 19.7 Å². The van der Waals surface area contributed by atoms with Gasteiger partial charge >= 0.3 is 6.01 Å². The molecule has 1 aliphatic rings. The fourth-order valence-electron chi connectivity index (χ4n) is 2.23. The zero-order chi connectivity index (χ0) is 15.2. The van der Waals surface area contributed by atoms with Crippen LogP contribution in [0, 0.1) is 0 Å². The molecule has 0 aromatic carbocycles. The van der Waals surface area contributed by atoms with Crippen molar-refractivity contribution in [1.29, 1.82) is 0 Å². The quantitative estimate of drug-likeness (QED) is 0.856. The van der Waals surface area contributed by atoms with Crippen molar-refractivity contribution in [3.05, 3.63) is 0 Å². The number of nitrogens with one attached hydrogen (secondary N) is 1. The van der Waals surface area contributed by atoms with Gasteiger partial charge in [-0.25, -0.2) is 0 Å². The van der Waals surface area contributed by atoms with E-state index in [4.69, 9.17) is 9.47 Å². The zero-order valence-corrected chi connectivity index (χ0v) is 13.3. The summed E-state index contributed by atoms with van der Waals surface area (Å²) < 4.78 is 11.3. The minimum atomic E-state index is 0.0249. The van der Waals surface area contributed by atoms with Gasteiger partial charge in [0.15, 0.2) is 0 Å². The Kier molecular flexibility index (Phi) is 5.55. The van der Waals surface area contributed by atoms with Crippen molar-refractivity contribution in [3.63, 3.8) is 0 Å². The van der Waals surface area contributed by atoms with E-state index in [1.807, 2.05) is 25.8 Å². The summed E-state index contributed by atoms with van der Waals surface area (Å²) in [7, 11) is 3.74. The second-order valence-electron chi connectivity index (χ2n) is 5.53. The topological polar surface area (TPSA) is 72.4 Å². The second kappa shape index (κ2) is 7.40. The summed E-state index contributed by atoms with van der Waals surface area (Å²) in [6, 6.07) is 0.343. The summed E-state index contributed by atoms with van der Waals surface area (Å²) in [6.45, 7) is 5.51. The van der Waals surface area contributed by atoms with Crippen LogP contribution < -0.4 is 15.0 Å². The predicted molar refractivity (Wildman–Crippen MR) is 82.0 cm³/mol. The highest BCUT2D eigenvalue weighted by molar-refractivity contribution is 5.37. The first-order chi connectivity index (χ1) is 10.1. The third kappa shape index (κ3) is 4.70. The lowest BCUT2D eigenvalue weighted by atomic mass is 10.1. The van der Waals surface area contributed by atoms with Crippen molar-refractivity contribution in [2.75, 3.05) is 37.5 Å². The number of likely N-dealkylation sites (N-methyl/N-ethyl adjacent to an activating group) is 1. The van der Waals surface area contributed by atoms with E-state index >= 15 is 0 Å². The standard InChI is InChI=1S/C14H25N5O2/c1-10(2)21-14-17-12(15-3)16-13(18-14)19(4)9-11-7-5-6-8-20-11/h10-11H,5-9H2,1-4H3,(H,15,16,17,18). The van der Waals surface area contributed by atoms with Crippen molar-refractivity contribution in [2.45, 2.75) is 45.3 Å². The molecule has 0 aliphatic carbocycles. The van der Waals surface area contributed by atoms with Crippen LogP contribution in [-0.4, -0.2) is 54.4 Å². The molecule has 2 rings (SSSR count). The third-order valence-electron chi connectivity index (χ3n) is 3.26. The van der Waals surface area contributed by atoms with Gasteiger partial charge in [-0.05, 0) is 33.1 Å². The van der Waals surface area contributed by atoms with Gasteiger partial charge in [0.1, 0.15) is 0 Å². The van der Waals surface area contributed by atoms with Crippen molar-refractivity contribution < 1.29 is 9.47 Å². The molecule has 1 atom stereocenters. The number of rotatable bonds is 6. The van der Waals surface area contributed by atoms with Crippen molar-refractivity contribution >= 4 is 11.9 Å². The average molecular weight is 295 g/mol. The van der Waals surface area contributed by atoms with E-state index in [-0.39, 0.29) is 12.2 Å². The Balaban J connectivity index is 2.08. The van der Waals surface area contributed by atoms with Crippen molar-refractivity contribution in [3.8, 4) is 6.01 Å². The molecule has 0 amide bonds. The van der Waals surface area contributed by atoms with Crippen molar-refractivity contribution in [2.24, 2.45) is 0 Å². The highest BCUT2D eigenvalue weighted by atomic mass is 16.5. The molecular weight excluding hydrogens is 270 g/mol. The molecule has 7 heteroatoms. The molecule has 0 spiro atoms. The van der Waals surface area contributed by atoms with Crippen molar-refractivity contribution in [1.82, 2.24) is 15.0 Å². The van der Waals surface area contributed by atoms with E-state index in [1.165, 1.54) is 6.42 Å². The first kappa shape index (κ1) is 15.8. The third-order valence-corrected chi connectivity index (χ3v) is 3.26. The molecule has 7 nitrogen and oxygen atoms in total. The molecule has 1 aromatic rings. The lowest BCUT2D eigenvalue weighted by molar-refractivity contribution is 0.0214. The molecule has 0 saturated carbocycles. The van der Waals surface area contributed by atoms with Crippen LogP contribution >= 0.6 is 0 Å². The number of aromatic nitrogens is 3. The van der Waals surface area contributed by atoms with Crippen LogP contribution in [0.25, 0.3) is 0 Å². The van der Waals surface area contributed by atoms with Gasteiger partial charge in [-0.15, -0.1) is 0 Å². The summed E-state index contributed by atoms with van der Waals surface area (Å²) in [5.41, 5.74) is 0. The Hall–Kier alpha value is -1.63. The highest BCUT2D eigenvalue weighted by Gasteiger charge is 2.19. The Morgan fingerprint density at radius 1 is 1.33 bits per heavy atom. The number of anilines is 2. The molecule has 21 heavy (non-hydrogen) atoms. The molecule has 118 valence electrons. The van der Waals surface area contributed by atoms with Gasteiger partial charge in [-0.3, -0.25) is 0 Å². The summed E-state index contributed by atoms with van der Waals surface area (Å²) in [5.74, 6) is 1.10. The van der Waals surface area contributed by atoms with E-state index in [0.29, 0.717) is 17.9 Å². The second-order valence-corrected chi connectivity index (χ2v) is 5.53. The average Bonchev–Trinajstić information content (AvgIpc) is 2.47. The molecule has 1 fully saturated rings. The number of hydrogen-bond acceptors (Lipinski definition) is 7. The molecule has 1 N–H and O–H groups in total. The number of ether oxygens (including phenoxy) is 2. The lowest BCUT2D eigenvalue weighted by Gasteiger charge is -2.27. The Morgan fingerprint density at radius 3 is 2.76 bits per heavy atom. The fourth-order valence-corrected chi connectivity index (χ4v) is 2.23. The summed E-state index contributed by atoms with van der Waals surface area (Å²) in [5, 5.41) is 2.94. The molecule has 2 heterocycles. The van der Waals surface area contributed by atoms with E-state index in [1.54, 1.807) is 7.05 Å². The molecule has 1 aliphatic heterocycles. The maximum atomic E-state index is 5.76. The van der Waals surface area contributed by atoms with Crippen LogP contribution in [0.4, 0.5) is 11.9 Å². The monoisotopic (exact) mass is 295 g/mol. The van der Waals surface area contributed by atoms with E-state index in [9.17, 15) is 0 Å². The van der Waals surface area contributed by atoms with Gasteiger partial charge in [0.2, 0.25) is 11.9 Å². The Morgan fingerprint density at radius 2 is 2.14 bits per heavy atom. The molecule has 1 unspecified atom stereocenters. The van der Waals surface area contributed by atoms with Crippen LogP contribution in [0.1, 0.15) is 33.1 Å². The maximum absolute atomic E-state index is 5.76. The molecule has 0 radical (unpaired) electrons. The Labute approximate surface area is 126 Å². The van der Waals surface area contributed by atoms with Crippen LogP contribution in [0.3, 0.4) is 0 Å². The largest absolute Gasteiger partial charge is 0.461 e. The first-order valence-electron chi connectivity index (χ1n) is 7.51.